The van der Waals surface area contributed by atoms with Crippen molar-refractivity contribution in [2.75, 3.05) is 10.7 Å². The molecule has 172 valence electrons. The van der Waals surface area contributed by atoms with Crippen molar-refractivity contribution < 1.29 is 26.4 Å². The molecule has 1 amide bonds. The summed E-state index contributed by atoms with van der Waals surface area (Å²) in [5, 5.41) is 6.42. The highest BCUT2D eigenvalue weighted by Gasteiger charge is 2.36. The summed E-state index contributed by atoms with van der Waals surface area (Å²) >= 11 is 0. The number of benzene rings is 1. The molecular formula is C17H17F3N6O5S. The average molecular weight is 474 g/mol. The zero-order chi connectivity index (χ0) is 23.8. The Morgan fingerprint density at radius 2 is 1.81 bits per heavy atom. The lowest BCUT2D eigenvalue weighted by atomic mass is 10.1. The van der Waals surface area contributed by atoms with Crippen LogP contribution >= 0.6 is 0 Å². The number of carbonyl (C=O) groups excluding carboxylic acids is 1. The molecule has 0 saturated carbocycles. The van der Waals surface area contributed by atoms with Crippen LogP contribution in [-0.4, -0.2) is 45.0 Å². The van der Waals surface area contributed by atoms with Gasteiger partial charge in [0.25, 0.3) is 21.5 Å². The van der Waals surface area contributed by atoms with Crippen LogP contribution in [0.3, 0.4) is 0 Å². The van der Waals surface area contributed by atoms with Crippen molar-refractivity contribution in [3.63, 3.8) is 0 Å². The molecule has 0 radical (unpaired) electrons. The SMILES string of the molecule is CCCCC(=O)N(n1c(=O)[nH]c2cc(C(F)(F)F)c(-n3cnnc3)cc2c1=O)S(C)(=O)=O. The van der Waals surface area contributed by atoms with Gasteiger partial charge in [-0.05, 0) is 18.6 Å². The highest BCUT2D eigenvalue weighted by molar-refractivity contribution is 7.92. The molecule has 0 aliphatic rings. The predicted octanol–water partition coefficient (Wildman–Crippen LogP) is 0.904. The zero-order valence-corrected chi connectivity index (χ0v) is 17.6. The normalized spacial score (nSPS) is 12.3. The van der Waals surface area contributed by atoms with Crippen LogP contribution in [0.4, 0.5) is 13.2 Å². The number of sulfonamides is 1. The summed E-state index contributed by atoms with van der Waals surface area (Å²) in [5.41, 5.74) is -4.90. The van der Waals surface area contributed by atoms with Crippen LogP contribution < -0.4 is 15.7 Å². The number of halogens is 3. The first-order chi connectivity index (χ1) is 14.9. The molecule has 0 fully saturated rings. The molecule has 32 heavy (non-hydrogen) atoms. The highest BCUT2D eigenvalue weighted by atomic mass is 32.2. The van der Waals surface area contributed by atoms with Crippen LogP contribution in [0.1, 0.15) is 31.7 Å². The summed E-state index contributed by atoms with van der Waals surface area (Å²) in [5.74, 6) is -1.03. The predicted molar refractivity (Wildman–Crippen MR) is 106 cm³/mol. The van der Waals surface area contributed by atoms with Crippen molar-refractivity contribution in [1.29, 1.82) is 0 Å². The smallest absolute Gasteiger partial charge is 0.305 e. The Hall–Kier alpha value is -3.49. The minimum Gasteiger partial charge on any atom is -0.305 e. The number of aromatic amines is 1. The first-order valence-electron chi connectivity index (χ1n) is 9.15. The van der Waals surface area contributed by atoms with Gasteiger partial charge in [-0.25, -0.2) is 13.2 Å². The second kappa shape index (κ2) is 8.22. The highest BCUT2D eigenvalue weighted by Crippen LogP contribution is 2.35. The third-order valence-electron chi connectivity index (χ3n) is 4.45. The number of aromatic nitrogens is 5. The van der Waals surface area contributed by atoms with Gasteiger partial charge in [-0.1, -0.05) is 13.3 Å². The molecule has 0 aliphatic carbocycles. The van der Waals surface area contributed by atoms with E-state index in [0.717, 1.165) is 23.3 Å². The minimum absolute atomic E-state index is 0.0272. The van der Waals surface area contributed by atoms with Gasteiger partial charge in [0.15, 0.2) is 0 Å². The van der Waals surface area contributed by atoms with E-state index in [0.29, 0.717) is 18.7 Å². The number of nitrogens with zero attached hydrogens (tertiary/aromatic N) is 5. The fraction of sp³-hybridized carbons (Fsp3) is 0.353. The Kier molecular flexibility index (Phi) is 5.95. The van der Waals surface area contributed by atoms with Crippen molar-refractivity contribution in [2.24, 2.45) is 0 Å². The fourth-order valence-electron chi connectivity index (χ4n) is 3.04. The maximum Gasteiger partial charge on any atom is 0.418 e. The number of fused-ring (bicyclic) bond motifs is 1. The van der Waals surface area contributed by atoms with Crippen LogP contribution in [0.15, 0.2) is 34.4 Å². The molecule has 2 aromatic heterocycles. The Morgan fingerprint density at radius 1 is 1.19 bits per heavy atom. The molecule has 0 atom stereocenters. The number of unbranched alkanes of at least 4 members (excludes halogenated alkanes) is 1. The molecule has 0 spiro atoms. The molecule has 0 unspecified atom stereocenters. The van der Waals surface area contributed by atoms with Crippen molar-refractivity contribution in [3.8, 4) is 5.69 Å². The summed E-state index contributed by atoms with van der Waals surface area (Å²) in [6, 6.07) is 1.36. The van der Waals surface area contributed by atoms with Crippen molar-refractivity contribution in [1.82, 2.24) is 24.4 Å². The van der Waals surface area contributed by atoms with E-state index in [9.17, 15) is 36.0 Å². The number of H-pyrrole nitrogens is 1. The molecule has 0 aliphatic heterocycles. The second-order valence-electron chi connectivity index (χ2n) is 6.83. The summed E-state index contributed by atoms with van der Waals surface area (Å²) in [7, 11) is -4.42. The van der Waals surface area contributed by atoms with Gasteiger partial charge in [-0.2, -0.15) is 13.2 Å². The molecule has 0 saturated heterocycles. The Labute approximate surface area is 178 Å². The molecular weight excluding hydrogens is 457 g/mol. The van der Waals surface area contributed by atoms with Crippen LogP contribution in [0.25, 0.3) is 16.6 Å². The molecule has 2 heterocycles. The lowest BCUT2D eigenvalue weighted by Gasteiger charge is -2.21. The van der Waals surface area contributed by atoms with E-state index in [1.54, 1.807) is 6.92 Å². The van der Waals surface area contributed by atoms with Crippen molar-refractivity contribution in [3.05, 3.63) is 51.2 Å². The van der Waals surface area contributed by atoms with Gasteiger partial charge in [-0.3, -0.25) is 14.2 Å². The molecule has 15 heteroatoms. The van der Waals surface area contributed by atoms with Crippen LogP contribution in [0, 0.1) is 0 Å². The first-order valence-corrected chi connectivity index (χ1v) is 11.0. The largest absolute Gasteiger partial charge is 0.418 e. The van der Waals surface area contributed by atoms with E-state index in [-0.39, 0.29) is 21.9 Å². The number of rotatable bonds is 6. The van der Waals surface area contributed by atoms with Gasteiger partial charge in [0, 0.05) is 6.42 Å². The zero-order valence-electron chi connectivity index (χ0n) is 16.8. The van der Waals surface area contributed by atoms with Gasteiger partial charge >= 0.3 is 11.9 Å². The Bertz CT molecular complexity index is 1390. The lowest BCUT2D eigenvalue weighted by molar-refractivity contribution is -0.137. The standard InChI is InChI=1S/C17H17F3N6O5S/c1-3-4-5-14(27)26(32(2,30)31)25-15(28)10-6-13(24-8-21-22-9-24)11(17(18,19)20)7-12(10)23-16(25)29/h6-9H,3-5H2,1-2H3,(H,23,29). The van der Waals surface area contributed by atoms with Gasteiger partial charge in [-0.15, -0.1) is 19.3 Å². The topological polar surface area (TPSA) is 140 Å². The fourth-order valence-corrected chi connectivity index (χ4v) is 3.95. The molecule has 1 aromatic carbocycles. The molecule has 3 aromatic rings. The van der Waals surface area contributed by atoms with E-state index in [2.05, 4.69) is 15.2 Å². The third-order valence-corrected chi connectivity index (χ3v) is 5.44. The molecule has 3 rings (SSSR count). The summed E-state index contributed by atoms with van der Waals surface area (Å²) in [6.45, 7) is 1.75. The van der Waals surface area contributed by atoms with Gasteiger partial charge in [0.05, 0.1) is 28.4 Å². The molecule has 1 N–H and O–H groups in total. The van der Waals surface area contributed by atoms with Gasteiger partial charge in [0.1, 0.15) is 12.7 Å². The van der Waals surface area contributed by atoms with Crippen molar-refractivity contribution >= 4 is 26.8 Å². The minimum atomic E-state index is -4.87. The number of hydrogen-bond acceptors (Lipinski definition) is 7. The van der Waals surface area contributed by atoms with Crippen LogP contribution in [0.5, 0.6) is 0 Å². The van der Waals surface area contributed by atoms with Gasteiger partial charge in [0.2, 0.25) is 0 Å². The van der Waals surface area contributed by atoms with E-state index in [1.165, 1.54) is 0 Å². The quantitative estimate of drug-likeness (QED) is 0.560. The van der Waals surface area contributed by atoms with Crippen LogP contribution in [0.2, 0.25) is 0 Å². The third kappa shape index (κ3) is 4.28. The van der Waals surface area contributed by atoms with Gasteiger partial charge < -0.3 is 4.98 Å². The maximum atomic E-state index is 13.6. The second-order valence-corrected chi connectivity index (χ2v) is 8.64. The number of amides is 1. The Balaban J connectivity index is 2.37. The lowest BCUT2D eigenvalue weighted by Crippen LogP contribution is -2.55. The number of carbonyl (C=O) groups is 1. The number of nitrogens with one attached hydrogen (secondary N) is 1. The van der Waals surface area contributed by atoms with E-state index in [4.69, 9.17) is 0 Å². The van der Waals surface area contributed by atoms with E-state index >= 15 is 0 Å². The summed E-state index contributed by atoms with van der Waals surface area (Å²) in [4.78, 5) is 40.1. The number of hydrogen-bond donors (Lipinski definition) is 1. The molecule has 0 bridgehead atoms. The first kappa shape index (κ1) is 23.2. The summed E-state index contributed by atoms with van der Waals surface area (Å²) in [6.07, 6.45) is -1.74. The Morgan fingerprint density at radius 3 is 2.34 bits per heavy atom. The maximum absolute atomic E-state index is 13.6. The van der Waals surface area contributed by atoms with Crippen LogP contribution in [-0.2, 0) is 21.0 Å². The van der Waals surface area contributed by atoms with E-state index < -0.39 is 55.5 Å². The van der Waals surface area contributed by atoms with Crippen molar-refractivity contribution in [2.45, 2.75) is 32.4 Å². The monoisotopic (exact) mass is 474 g/mol. The van der Waals surface area contributed by atoms with E-state index in [1.807, 2.05) is 0 Å². The molecule has 11 nitrogen and oxygen atoms in total. The number of alkyl halides is 3. The summed E-state index contributed by atoms with van der Waals surface area (Å²) < 4.78 is 66.3. The average Bonchev–Trinajstić information content (AvgIpc) is 3.21.